The van der Waals surface area contributed by atoms with Gasteiger partial charge in [0.25, 0.3) is 0 Å². The van der Waals surface area contributed by atoms with Gasteiger partial charge in [0.2, 0.25) is 0 Å². The van der Waals surface area contributed by atoms with Crippen molar-refractivity contribution in [2.75, 3.05) is 25.9 Å². The van der Waals surface area contributed by atoms with Gasteiger partial charge in [-0.15, -0.1) is 23.7 Å². The predicted octanol–water partition coefficient (Wildman–Crippen LogP) is 2.37. The molecule has 0 spiro atoms. The number of likely N-dealkylation sites (N-methyl/N-ethyl adjacent to an activating group) is 1. The zero-order valence-corrected chi connectivity index (χ0v) is 15.1. The quantitative estimate of drug-likeness (QED) is 0.886. The van der Waals surface area contributed by atoms with Crippen molar-refractivity contribution in [2.24, 2.45) is 0 Å². The fourth-order valence-electron chi connectivity index (χ4n) is 3.67. The fourth-order valence-corrected chi connectivity index (χ4v) is 4.96. The maximum absolute atomic E-state index is 6.28. The van der Waals surface area contributed by atoms with Crippen LogP contribution in [-0.4, -0.2) is 41.0 Å². The lowest BCUT2D eigenvalue weighted by atomic mass is 9.97. The maximum atomic E-state index is 6.28. The van der Waals surface area contributed by atoms with Gasteiger partial charge in [0.05, 0.1) is 11.9 Å². The summed E-state index contributed by atoms with van der Waals surface area (Å²) >= 11 is 1.83. The SMILES string of the molecule is CN(Cc1nc(N)c2c3c(sc2n1)CCCC3)C1CCNC1.Cl. The Morgan fingerprint density at radius 3 is 2.91 bits per heavy atom. The van der Waals surface area contributed by atoms with E-state index in [2.05, 4.69) is 22.2 Å². The number of hydrogen-bond acceptors (Lipinski definition) is 6. The molecule has 2 aromatic heterocycles. The highest BCUT2D eigenvalue weighted by molar-refractivity contribution is 7.19. The molecule has 0 saturated carbocycles. The molecule has 5 nitrogen and oxygen atoms in total. The van der Waals surface area contributed by atoms with Crippen molar-refractivity contribution in [3.8, 4) is 0 Å². The van der Waals surface area contributed by atoms with Gasteiger partial charge >= 0.3 is 0 Å². The van der Waals surface area contributed by atoms with Gasteiger partial charge in [-0.25, -0.2) is 9.97 Å². The minimum absolute atomic E-state index is 0. The molecule has 1 unspecified atom stereocenters. The Hall–Kier alpha value is -0.950. The van der Waals surface area contributed by atoms with Gasteiger partial charge in [-0.05, 0) is 51.3 Å². The topological polar surface area (TPSA) is 67.1 Å². The molecule has 0 aromatic carbocycles. The number of nitrogens with one attached hydrogen (secondary N) is 1. The maximum Gasteiger partial charge on any atom is 0.146 e. The summed E-state index contributed by atoms with van der Waals surface area (Å²) in [5.41, 5.74) is 7.70. The van der Waals surface area contributed by atoms with E-state index in [-0.39, 0.29) is 12.4 Å². The number of nitrogens with zero attached hydrogens (tertiary/aromatic N) is 3. The minimum Gasteiger partial charge on any atom is -0.383 e. The smallest absolute Gasteiger partial charge is 0.146 e. The third-order valence-electron chi connectivity index (χ3n) is 4.94. The van der Waals surface area contributed by atoms with E-state index in [9.17, 15) is 0 Å². The van der Waals surface area contributed by atoms with Crippen LogP contribution >= 0.6 is 23.7 Å². The van der Waals surface area contributed by atoms with Crippen LogP contribution in [0.15, 0.2) is 0 Å². The molecule has 23 heavy (non-hydrogen) atoms. The van der Waals surface area contributed by atoms with Crippen LogP contribution in [0, 0.1) is 0 Å². The number of halogens is 1. The van der Waals surface area contributed by atoms with Gasteiger partial charge in [-0.1, -0.05) is 0 Å². The first kappa shape index (κ1) is 16.9. The number of nitrogens with two attached hydrogens (primary N) is 1. The van der Waals surface area contributed by atoms with Crippen LogP contribution in [-0.2, 0) is 19.4 Å². The number of rotatable bonds is 3. The number of aromatic nitrogens is 2. The molecule has 7 heteroatoms. The lowest BCUT2D eigenvalue weighted by molar-refractivity contribution is 0.243. The largest absolute Gasteiger partial charge is 0.383 e. The minimum atomic E-state index is 0. The summed E-state index contributed by atoms with van der Waals surface area (Å²) < 4.78 is 0. The van der Waals surface area contributed by atoms with E-state index in [1.165, 1.54) is 36.1 Å². The monoisotopic (exact) mass is 353 g/mol. The van der Waals surface area contributed by atoms with Gasteiger partial charge in [0, 0.05) is 17.5 Å². The molecule has 1 saturated heterocycles. The summed E-state index contributed by atoms with van der Waals surface area (Å²) in [6.07, 6.45) is 6.06. The fraction of sp³-hybridized carbons (Fsp3) is 0.625. The highest BCUT2D eigenvalue weighted by atomic mass is 35.5. The highest BCUT2D eigenvalue weighted by Gasteiger charge is 2.22. The number of anilines is 1. The standard InChI is InChI=1S/C16H23N5S.ClH/c1-21(10-6-7-18-8-10)9-13-19-15(17)14-11-4-2-3-5-12(11)22-16(14)20-13;/h10,18H,2-9H2,1H3,(H2,17,19,20);1H. The molecular weight excluding hydrogens is 330 g/mol. The number of aryl methyl sites for hydroxylation is 2. The van der Waals surface area contributed by atoms with Crippen molar-refractivity contribution in [2.45, 2.75) is 44.7 Å². The molecular formula is C16H24ClN5S. The predicted molar refractivity (Wildman–Crippen MR) is 98.5 cm³/mol. The van der Waals surface area contributed by atoms with Crippen molar-refractivity contribution in [3.05, 3.63) is 16.3 Å². The van der Waals surface area contributed by atoms with Crippen LogP contribution in [0.25, 0.3) is 10.2 Å². The van der Waals surface area contributed by atoms with Crippen LogP contribution in [0.1, 0.15) is 35.5 Å². The van der Waals surface area contributed by atoms with Gasteiger partial charge < -0.3 is 11.1 Å². The molecule has 3 heterocycles. The molecule has 3 N–H and O–H groups in total. The van der Waals surface area contributed by atoms with Crippen LogP contribution in [0.2, 0.25) is 0 Å². The molecule has 0 bridgehead atoms. The average molecular weight is 354 g/mol. The first-order valence-electron chi connectivity index (χ1n) is 8.20. The normalized spacial score (nSPS) is 20.7. The number of nitrogen functional groups attached to an aromatic ring is 1. The molecule has 1 aliphatic carbocycles. The molecule has 1 aliphatic heterocycles. The second-order valence-corrected chi connectivity index (χ2v) is 7.56. The molecule has 4 rings (SSSR count). The Bertz CT molecular complexity index is 695. The highest BCUT2D eigenvalue weighted by Crippen LogP contribution is 2.37. The Morgan fingerprint density at radius 1 is 1.30 bits per heavy atom. The third kappa shape index (κ3) is 3.18. The molecule has 2 aromatic rings. The molecule has 1 atom stereocenters. The van der Waals surface area contributed by atoms with E-state index in [4.69, 9.17) is 10.7 Å². The lowest BCUT2D eigenvalue weighted by Crippen LogP contribution is -2.33. The second kappa shape index (κ2) is 6.89. The van der Waals surface area contributed by atoms with E-state index in [0.29, 0.717) is 11.9 Å². The van der Waals surface area contributed by atoms with E-state index < -0.39 is 0 Å². The Labute approximate surface area is 147 Å². The van der Waals surface area contributed by atoms with Gasteiger partial charge in [-0.2, -0.15) is 0 Å². The van der Waals surface area contributed by atoms with Crippen LogP contribution in [0.5, 0.6) is 0 Å². The molecule has 1 fully saturated rings. The zero-order chi connectivity index (χ0) is 15.1. The van der Waals surface area contributed by atoms with Crippen LogP contribution < -0.4 is 11.1 Å². The van der Waals surface area contributed by atoms with Crippen LogP contribution in [0.4, 0.5) is 5.82 Å². The number of fused-ring (bicyclic) bond motifs is 3. The molecule has 0 amide bonds. The lowest BCUT2D eigenvalue weighted by Gasteiger charge is -2.22. The summed E-state index contributed by atoms with van der Waals surface area (Å²) in [7, 11) is 2.15. The molecule has 126 valence electrons. The van der Waals surface area contributed by atoms with E-state index in [1.807, 2.05) is 11.3 Å². The molecule has 0 radical (unpaired) electrons. The summed E-state index contributed by atoms with van der Waals surface area (Å²) in [5, 5.41) is 4.54. The third-order valence-corrected chi connectivity index (χ3v) is 6.12. The van der Waals surface area contributed by atoms with Gasteiger partial charge in [-0.3, -0.25) is 4.90 Å². The van der Waals surface area contributed by atoms with Crippen molar-refractivity contribution >= 4 is 39.8 Å². The Kier molecular flexibility index (Phi) is 5.06. The number of hydrogen-bond donors (Lipinski definition) is 2. The average Bonchev–Trinajstić information content (AvgIpc) is 3.14. The Morgan fingerprint density at radius 2 is 2.13 bits per heavy atom. The first-order chi connectivity index (χ1) is 10.7. The van der Waals surface area contributed by atoms with Gasteiger partial charge in [0.15, 0.2) is 0 Å². The Balaban J connectivity index is 0.00000156. The summed E-state index contributed by atoms with van der Waals surface area (Å²) in [5.74, 6) is 1.54. The van der Waals surface area contributed by atoms with Crippen molar-refractivity contribution in [3.63, 3.8) is 0 Å². The summed E-state index contributed by atoms with van der Waals surface area (Å²) in [6, 6.07) is 0.581. The number of thiophene rings is 1. The summed E-state index contributed by atoms with van der Waals surface area (Å²) in [6.45, 7) is 2.94. The van der Waals surface area contributed by atoms with Crippen molar-refractivity contribution in [1.29, 1.82) is 0 Å². The second-order valence-electron chi connectivity index (χ2n) is 6.48. The van der Waals surface area contributed by atoms with Crippen molar-refractivity contribution < 1.29 is 0 Å². The summed E-state index contributed by atoms with van der Waals surface area (Å²) in [4.78, 5) is 14.3. The van der Waals surface area contributed by atoms with Crippen molar-refractivity contribution in [1.82, 2.24) is 20.2 Å². The van der Waals surface area contributed by atoms with Gasteiger partial charge in [0.1, 0.15) is 16.5 Å². The van der Waals surface area contributed by atoms with Crippen LogP contribution in [0.3, 0.4) is 0 Å². The van der Waals surface area contributed by atoms with E-state index >= 15 is 0 Å². The van der Waals surface area contributed by atoms with E-state index in [1.54, 1.807) is 0 Å². The first-order valence-corrected chi connectivity index (χ1v) is 9.01. The molecule has 2 aliphatic rings. The zero-order valence-electron chi connectivity index (χ0n) is 13.5. The van der Waals surface area contributed by atoms with E-state index in [0.717, 1.165) is 42.1 Å².